The van der Waals surface area contributed by atoms with Gasteiger partial charge in [-0.1, -0.05) is 18.2 Å². The summed E-state index contributed by atoms with van der Waals surface area (Å²) in [6.07, 6.45) is 0.430. The molecule has 6 heteroatoms. The minimum Gasteiger partial charge on any atom is -0.464 e. The van der Waals surface area contributed by atoms with Gasteiger partial charge in [-0.25, -0.2) is 0 Å². The van der Waals surface area contributed by atoms with Crippen molar-refractivity contribution in [3.05, 3.63) is 30.3 Å². The molecule has 0 aliphatic carbocycles. The van der Waals surface area contributed by atoms with Gasteiger partial charge in [0.2, 0.25) is 5.91 Å². The van der Waals surface area contributed by atoms with Crippen molar-refractivity contribution >= 4 is 17.6 Å². The Morgan fingerprint density at radius 1 is 1.22 bits per heavy atom. The molecule has 0 unspecified atom stereocenters. The largest absolute Gasteiger partial charge is 0.464 e. The molecule has 23 heavy (non-hydrogen) atoms. The van der Waals surface area contributed by atoms with Crippen molar-refractivity contribution < 1.29 is 19.1 Å². The number of amides is 1. The third-order valence-electron chi connectivity index (χ3n) is 4.21. The highest BCUT2D eigenvalue weighted by Crippen LogP contribution is 2.24. The van der Waals surface area contributed by atoms with Crippen LogP contribution in [-0.4, -0.2) is 62.8 Å². The zero-order chi connectivity index (χ0) is 16.1. The molecule has 3 rings (SSSR count). The van der Waals surface area contributed by atoms with Gasteiger partial charge in [-0.15, -0.1) is 0 Å². The normalized spacial score (nSPS) is 22.3. The van der Waals surface area contributed by atoms with Crippen LogP contribution in [0.2, 0.25) is 0 Å². The summed E-state index contributed by atoms with van der Waals surface area (Å²) in [5.41, 5.74) is 0.902. The Hall–Kier alpha value is -1.92. The number of rotatable bonds is 5. The number of hydrogen-bond acceptors (Lipinski definition) is 5. The molecule has 124 valence electrons. The highest BCUT2D eigenvalue weighted by molar-refractivity contribution is 5.95. The van der Waals surface area contributed by atoms with Gasteiger partial charge in [0.1, 0.15) is 0 Å². The Balaban J connectivity index is 1.44. The average Bonchev–Trinajstić information content (AvgIpc) is 2.96. The zero-order valence-electron chi connectivity index (χ0n) is 13.1. The molecule has 0 spiro atoms. The summed E-state index contributed by atoms with van der Waals surface area (Å²) in [5.74, 6) is -0.0701. The monoisotopic (exact) mass is 318 g/mol. The SMILES string of the molecule is O=C(CN1CCOCC1)OC[C@@H]1CC(=O)N(c2ccccc2)C1. The molecular weight excluding hydrogens is 296 g/mol. The van der Waals surface area contributed by atoms with Crippen LogP contribution >= 0.6 is 0 Å². The van der Waals surface area contributed by atoms with Gasteiger partial charge in [0.15, 0.2) is 0 Å². The van der Waals surface area contributed by atoms with Gasteiger partial charge in [0.25, 0.3) is 0 Å². The van der Waals surface area contributed by atoms with E-state index in [2.05, 4.69) is 0 Å². The van der Waals surface area contributed by atoms with E-state index in [1.54, 1.807) is 4.90 Å². The van der Waals surface area contributed by atoms with Crippen molar-refractivity contribution in [1.82, 2.24) is 4.90 Å². The van der Waals surface area contributed by atoms with Crippen LogP contribution in [0.3, 0.4) is 0 Å². The molecule has 2 aliphatic rings. The van der Waals surface area contributed by atoms with Gasteiger partial charge in [-0.2, -0.15) is 0 Å². The number of ether oxygens (including phenoxy) is 2. The number of morpholine rings is 1. The number of carbonyl (C=O) groups excluding carboxylic acids is 2. The summed E-state index contributed by atoms with van der Waals surface area (Å²) in [6, 6.07) is 9.60. The molecule has 0 aromatic heterocycles. The van der Waals surface area contributed by atoms with Crippen molar-refractivity contribution in [2.24, 2.45) is 5.92 Å². The molecule has 1 aromatic rings. The highest BCUT2D eigenvalue weighted by atomic mass is 16.5. The minimum atomic E-state index is -0.225. The van der Waals surface area contributed by atoms with E-state index in [-0.39, 0.29) is 17.8 Å². The van der Waals surface area contributed by atoms with E-state index in [4.69, 9.17) is 9.47 Å². The molecule has 0 bridgehead atoms. The second kappa shape index (κ2) is 7.57. The lowest BCUT2D eigenvalue weighted by atomic mass is 10.1. The number of carbonyl (C=O) groups is 2. The summed E-state index contributed by atoms with van der Waals surface area (Å²) in [7, 11) is 0. The van der Waals surface area contributed by atoms with E-state index >= 15 is 0 Å². The number of esters is 1. The number of hydrogen-bond donors (Lipinski definition) is 0. The quantitative estimate of drug-likeness (QED) is 0.756. The van der Waals surface area contributed by atoms with E-state index in [1.807, 2.05) is 35.2 Å². The second-order valence-electron chi connectivity index (χ2n) is 5.98. The molecule has 2 fully saturated rings. The van der Waals surface area contributed by atoms with E-state index in [0.717, 1.165) is 18.8 Å². The van der Waals surface area contributed by atoms with Gasteiger partial charge in [0, 0.05) is 37.7 Å². The van der Waals surface area contributed by atoms with Crippen molar-refractivity contribution in [1.29, 1.82) is 0 Å². The predicted octanol–water partition coefficient (Wildman–Crippen LogP) is 0.915. The van der Waals surface area contributed by atoms with Gasteiger partial charge in [-0.3, -0.25) is 14.5 Å². The lowest BCUT2D eigenvalue weighted by Crippen LogP contribution is -2.40. The van der Waals surface area contributed by atoms with Crippen molar-refractivity contribution in [2.45, 2.75) is 6.42 Å². The first-order valence-corrected chi connectivity index (χ1v) is 8.03. The van der Waals surface area contributed by atoms with Crippen LogP contribution < -0.4 is 4.90 Å². The lowest BCUT2D eigenvalue weighted by molar-refractivity contribution is -0.147. The topological polar surface area (TPSA) is 59.1 Å². The summed E-state index contributed by atoms with van der Waals surface area (Å²) in [6.45, 7) is 4.06. The van der Waals surface area contributed by atoms with Crippen LogP contribution in [0.25, 0.3) is 0 Å². The van der Waals surface area contributed by atoms with Crippen LogP contribution in [0.4, 0.5) is 5.69 Å². The third kappa shape index (κ3) is 4.30. The number of benzene rings is 1. The van der Waals surface area contributed by atoms with E-state index in [1.165, 1.54) is 0 Å². The fourth-order valence-corrected chi connectivity index (χ4v) is 2.95. The Morgan fingerprint density at radius 3 is 2.70 bits per heavy atom. The summed E-state index contributed by atoms with van der Waals surface area (Å²) in [5, 5.41) is 0. The maximum atomic E-state index is 12.1. The standard InChI is InChI=1S/C17H22N2O4/c20-16-10-14(11-19(16)15-4-2-1-3-5-15)13-23-17(21)12-18-6-8-22-9-7-18/h1-5,14H,6-13H2/t14-/m1/s1. The number of nitrogens with zero attached hydrogens (tertiary/aromatic N) is 2. The van der Waals surface area contributed by atoms with Crippen molar-refractivity contribution in [3.63, 3.8) is 0 Å². The second-order valence-corrected chi connectivity index (χ2v) is 5.98. The fraction of sp³-hybridized carbons (Fsp3) is 0.529. The van der Waals surface area contributed by atoms with E-state index in [0.29, 0.717) is 39.3 Å². The average molecular weight is 318 g/mol. The molecule has 6 nitrogen and oxygen atoms in total. The summed E-state index contributed by atoms with van der Waals surface area (Å²) >= 11 is 0. The van der Waals surface area contributed by atoms with Crippen LogP contribution in [-0.2, 0) is 19.1 Å². The molecule has 1 aromatic carbocycles. The molecule has 1 amide bonds. The first-order valence-electron chi connectivity index (χ1n) is 8.03. The predicted molar refractivity (Wildman–Crippen MR) is 85.1 cm³/mol. The number of anilines is 1. The molecular formula is C17H22N2O4. The molecule has 0 radical (unpaired) electrons. The van der Waals surface area contributed by atoms with E-state index < -0.39 is 0 Å². The van der Waals surface area contributed by atoms with Gasteiger partial charge < -0.3 is 14.4 Å². The summed E-state index contributed by atoms with van der Waals surface area (Å²) < 4.78 is 10.6. The van der Waals surface area contributed by atoms with Crippen LogP contribution in [0.5, 0.6) is 0 Å². The maximum Gasteiger partial charge on any atom is 0.320 e. The first-order chi connectivity index (χ1) is 11.2. The molecule has 2 aliphatic heterocycles. The van der Waals surface area contributed by atoms with Crippen LogP contribution in [0, 0.1) is 5.92 Å². The lowest BCUT2D eigenvalue weighted by Gasteiger charge is -2.25. The minimum absolute atomic E-state index is 0.0661. The Bertz CT molecular complexity index is 543. The highest BCUT2D eigenvalue weighted by Gasteiger charge is 2.31. The van der Waals surface area contributed by atoms with E-state index in [9.17, 15) is 9.59 Å². The van der Waals surface area contributed by atoms with Crippen LogP contribution in [0.1, 0.15) is 6.42 Å². The molecule has 0 saturated carbocycles. The van der Waals surface area contributed by atoms with Crippen molar-refractivity contribution in [3.8, 4) is 0 Å². The van der Waals surface area contributed by atoms with Gasteiger partial charge in [-0.05, 0) is 12.1 Å². The maximum absolute atomic E-state index is 12.1. The van der Waals surface area contributed by atoms with Gasteiger partial charge >= 0.3 is 5.97 Å². The van der Waals surface area contributed by atoms with Crippen LogP contribution in [0.15, 0.2) is 30.3 Å². The van der Waals surface area contributed by atoms with Gasteiger partial charge in [0.05, 0.1) is 26.4 Å². The first kappa shape index (κ1) is 16.0. The molecule has 0 N–H and O–H groups in total. The third-order valence-corrected chi connectivity index (χ3v) is 4.21. The molecule has 2 heterocycles. The zero-order valence-corrected chi connectivity index (χ0v) is 13.1. The Morgan fingerprint density at radius 2 is 1.96 bits per heavy atom. The molecule has 1 atom stereocenters. The smallest absolute Gasteiger partial charge is 0.320 e. The Kier molecular flexibility index (Phi) is 5.25. The molecule has 2 saturated heterocycles. The number of para-hydroxylation sites is 1. The summed E-state index contributed by atoms with van der Waals surface area (Å²) in [4.78, 5) is 27.8. The fourth-order valence-electron chi connectivity index (χ4n) is 2.95. The van der Waals surface area contributed by atoms with Crippen molar-refractivity contribution in [2.75, 3.05) is 50.9 Å². The Labute approximate surface area is 136 Å².